The van der Waals surface area contributed by atoms with Gasteiger partial charge in [0, 0.05) is 25.7 Å². The fourth-order valence-corrected chi connectivity index (χ4v) is 12.0. The summed E-state index contributed by atoms with van der Waals surface area (Å²) < 4.78 is 68.2. The highest BCUT2D eigenvalue weighted by Crippen LogP contribution is 2.45. The molecule has 0 aliphatic heterocycles. The third kappa shape index (κ3) is 62.8. The van der Waals surface area contributed by atoms with Crippen LogP contribution in [-0.4, -0.2) is 96.7 Å². The molecule has 0 bridgehead atoms. The lowest BCUT2D eigenvalue weighted by Crippen LogP contribution is -2.30. The molecule has 0 amide bonds. The third-order valence-electron chi connectivity index (χ3n) is 16.0. The number of hydrogen-bond donors (Lipinski definition) is 3. The van der Waals surface area contributed by atoms with Gasteiger partial charge >= 0.3 is 39.5 Å². The molecule has 0 aliphatic rings. The average Bonchev–Trinajstić information content (AvgIpc) is 3.60. The normalized spacial score (nSPS) is 14.1. The average molecular weight is 1300 g/mol. The van der Waals surface area contributed by atoms with E-state index in [-0.39, 0.29) is 25.7 Å². The molecule has 0 spiro atoms. The van der Waals surface area contributed by atoms with Gasteiger partial charge in [-0.25, -0.2) is 9.13 Å². The highest BCUT2D eigenvalue weighted by Gasteiger charge is 2.30. The minimum absolute atomic E-state index is 0.107. The van der Waals surface area contributed by atoms with Crippen molar-refractivity contribution in [2.75, 3.05) is 39.6 Å². The lowest BCUT2D eigenvalue weighted by molar-refractivity contribution is -0.161. The molecule has 3 N–H and O–H groups in total. The Labute approximate surface area is 537 Å². The summed E-state index contributed by atoms with van der Waals surface area (Å²) in [6, 6.07) is 0. The van der Waals surface area contributed by atoms with Gasteiger partial charge in [-0.1, -0.05) is 304 Å². The molecule has 0 fully saturated rings. The molecule has 0 saturated heterocycles. The maximum Gasteiger partial charge on any atom is 0.472 e. The molecule has 0 aromatic carbocycles. The summed E-state index contributed by atoms with van der Waals surface area (Å²) in [5.41, 5.74) is 0. The minimum atomic E-state index is -4.95. The number of hydrogen-bond acceptors (Lipinski definition) is 15. The number of carbonyl (C=O) groups is 4. The van der Waals surface area contributed by atoms with Crippen molar-refractivity contribution in [3.63, 3.8) is 0 Å². The van der Waals surface area contributed by atoms with Crippen molar-refractivity contribution in [1.29, 1.82) is 0 Å². The summed E-state index contributed by atoms with van der Waals surface area (Å²) in [4.78, 5) is 72.4. The van der Waals surface area contributed by atoms with Gasteiger partial charge in [0.25, 0.3) is 0 Å². The Hall–Kier alpha value is -1.94. The fraction of sp³-hybridized carbons (Fsp3) is 0.942. The Balaban J connectivity index is 5.23. The van der Waals surface area contributed by atoms with Gasteiger partial charge < -0.3 is 33.8 Å². The Morgan fingerprint density at radius 1 is 0.307 bits per heavy atom. The number of phosphoric ester groups is 2. The first-order valence-electron chi connectivity index (χ1n) is 36.1. The smallest absolute Gasteiger partial charge is 0.462 e. The second-order valence-electron chi connectivity index (χ2n) is 25.4. The van der Waals surface area contributed by atoms with Crippen LogP contribution in [0.5, 0.6) is 0 Å². The first kappa shape index (κ1) is 86.1. The van der Waals surface area contributed by atoms with E-state index in [9.17, 15) is 43.2 Å². The Kier molecular flexibility index (Phi) is 61.1. The van der Waals surface area contributed by atoms with Gasteiger partial charge in [0.15, 0.2) is 12.2 Å². The van der Waals surface area contributed by atoms with Crippen molar-refractivity contribution in [3.8, 4) is 0 Å². The second kappa shape index (κ2) is 62.5. The molecule has 17 nitrogen and oxygen atoms in total. The zero-order valence-electron chi connectivity index (χ0n) is 56.9. The lowest BCUT2D eigenvalue weighted by Gasteiger charge is -2.21. The van der Waals surface area contributed by atoms with E-state index in [2.05, 4.69) is 34.6 Å². The van der Waals surface area contributed by atoms with Crippen LogP contribution in [0.3, 0.4) is 0 Å². The number of aliphatic hydroxyl groups is 1. The monoisotopic (exact) mass is 1300 g/mol. The van der Waals surface area contributed by atoms with Crippen LogP contribution >= 0.6 is 15.6 Å². The van der Waals surface area contributed by atoms with Crippen molar-refractivity contribution >= 4 is 39.5 Å². The zero-order chi connectivity index (χ0) is 64.9. The predicted octanol–water partition coefficient (Wildman–Crippen LogP) is 19.7. The number of rotatable bonds is 69. The van der Waals surface area contributed by atoms with Crippen LogP contribution in [0.25, 0.3) is 0 Å². The van der Waals surface area contributed by atoms with E-state index in [0.29, 0.717) is 25.7 Å². The van der Waals surface area contributed by atoms with E-state index in [0.717, 1.165) is 95.8 Å². The van der Waals surface area contributed by atoms with Crippen LogP contribution in [0.4, 0.5) is 0 Å². The molecule has 0 heterocycles. The van der Waals surface area contributed by atoms with Gasteiger partial charge in [0.2, 0.25) is 0 Å². The highest BCUT2D eigenvalue weighted by atomic mass is 31.2. The summed E-state index contributed by atoms with van der Waals surface area (Å²) >= 11 is 0. The van der Waals surface area contributed by atoms with E-state index >= 15 is 0 Å². The molecule has 0 aliphatic carbocycles. The summed E-state index contributed by atoms with van der Waals surface area (Å²) in [5, 5.41) is 10.6. The molecule has 0 radical (unpaired) electrons. The Morgan fingerprint density at radius 3 is 0.773 bits per heavy atom. The van der Waals surface area contributed by atoms with Crippen LogP contribution in [0.1, 0.15) is 356 Å². The number of aliphatic hydroxyl groups excluding tert-OH is 1. The summed E-state index contributed by atoms with van der Waals surface area (Å²) in [7, 11) is -9.89. The molecule has 0 rings (SSSR count). The van der Waals surface area contributed by atoms with Crippen molar-refractivity contribution in [2.24, 2.45) is 5.92 Å². The van der Waals surface area contributed by atoms with E-state index < -0.39 is 97.5 Å². The largest absolute Gasteiger partial charge is 0.472 e. The first-order chi connectivity index (χ1) is 42.5. The van der Waals surface area contributed by atoms with Gasteiger partial charge in [-0.15, -0.1) is 0 Å². The van der Waals surface area contributed by atoms with Gasteiger partial charge in [0.05, 0.1) is 26.4 Å². The number of unbranched alkanes of at least 4 members (excludes halogenated alkanes) is 41. The topological polar surface area (TPSA) is 237 Å². The fourth-order valence-electron chi connectivity index (χ4n) is 10.5. The molecule has 88 heavy (non-hydrogen) atoms. The van der Waals surface area contributed by atoms with Crippen LogP contribution in [-0.2, 0) is 65.4 Å². The van der Waals surface area contributed by atoms with Gasteiger partial charge in [0.1, 0.15) is 19.3 Å². The van der Waals surface area contributed by atoms with Crippen LogP contribution < -0.4 is 0 Å². The first-order valence-corrected chi connectivity index (χ1v) is 39.1. The van der Waals surface area contributed by atoms with E-state index in [4.69, 9.17) is 37.0 Å². The molecule has 0 saturated carbocycles. The Bertz CT molecular complexity index is 1700. The summed E-state index contributed by atoms with van der Waals surface area (Å²) in [6.45, 7) is 7.24. The van der Waals surface area contributed by atoms with Crippen LogP contribution in [0, 0.1) is 5.92 Å². The van der Waals surface area contributed by atoms with Crippen molar-refractivity contribution in [3.05, 3.63) is 0 Å². The molecule has 0 aromatic heterocycles. The van der Waals surface area contributed by atoms with Crippen molar-refractivity contribution in [2.45, 2.75) is 374 Å². The summed E-state index contributed by atoms with van der Waals surface area (Å²) in [6.07, 6.45) is 48.4. The highest BCUT2D eigenvalue weighted by molar-refractivity contribution is 7.47. The number of ether oxygens (including phenoxy) is 4. The van der Waals surface area contributed by atoms with Gasteiger partial charge in [-0.3, -0.25) is 37.3 Å². The molecule has 522 valence electrons. The molecule has 0 aromatic rings. The third-order valence-corrected chi connectivity index (χ3v) is 17.9. The maximum atomic E-state index is 13.0. The second-order valence-corrected chi connectivity index (χ2v) is 28.3. The molecule has 2 unspecified atom stereocenters. The standard InChI is InChI=1S/C69H134O17P2/c1-6-9-12-15-18-21-24-29-34-38-43-48-53-67(72)80-59-65(86-69(74)55-50-45-40-35-30-27-25-26-28-31-36-41-46-51-62(4)5)61-84-88(77,78)82-57-63(70)56-81-87(75,76)83-60-64(85-68(73)54-49-44-39-33-23-20-17-14-11-8-3)58-79-66(71)52-47-42-37-32-22-19-16-13-10-7-2/h62-65,70H,6-61H2,1-5H3,(H,75,76)(H,77,78)/t63-,64+,65+/m0/s1. The molecule has 19 heteroatoms. The SMILES string of the molecule is CCCCCCCCCCCCCCC(=O)OC[C@H](COP(=O)(O)OC[C@@H](O)COP(=O)(O)OC[C@@H](COC(=O)CCCCCCCCCCCC)OC(=O)CCCCCCCCCCCC)OC(=O)CCCCCCCCCCCCCCCC(C)C. The molecular formula is C69H134O17P2. The van der Waals surface area contributed by atoms with Crippen LogP contribution in [0.2, 0.25) is 0 Å². The van der Waals surface area contributed by atoms with E-state index in [1.54, 1.807) is 0 Å². The molecular weight excluding hydrogens is 1160 g/mol. The van der Waals surface area contributed by atoms with Gasteiger partial charge in [-0.05, 0) is 31.6 Å². The van der Waals surface area contributed by atoms with E-state index in [1.807, 2.05) is 0 Å². The number of esters is 4. The number of phosphoric acid groups is 2. The zero-order valence-corrected chi connectivity index (χ0v) is 58.6. The van der Waals surface area contributed by atoms with Crippen LogP contribution in [0.15, 0.2) is 0 Å². The Morgan fingerprint density at radius 2 is 0.523 bits per heavy atom. The molecule has 5 atom stereocenters. The van der Waals surface area contributed by atoms with Crippen molar-refractivity contribution < 1.29 is 80.2 Å². The van der Waals surface area contributed by atoms with Gasteiger partial charge in [-0.2, -0.15) is 0 Å². The maximum absolute atomic E-state index is 13.0. The quantitative estimate of drug-likeness (QED) is 0.0222. The van der Waals surface area contributed by atoms with Crippen molar-refractivity contribution in [1.82, 2.24) is 0 Å². The van der Waals surface area contributed by atoms with E-state index in [1.165, 1.54) is 180 Å². The summed E-state index contributed by atoms with van der Waals surface area (Å²) in [5.74, 6) is -1.34. The lowest BCUT2D eigenvalue weighted by atomic mass is 10.0. The predicted molar refractivity (Wildman–Crippen MR) is 354 cm³/mol. The number of carbonyl (C=O) groups excluding carboxylic acids is 4. The minimum Gasteiger partial charge on any atom is -0.462 e.